The summed E-state index contributed by atoms with van der Waals surface area (Å²) in [5.74, 6) is -1.27. The lowest BCUT2D eigenvalue weighted by Gasteiger charge is -2.18. The molecule has 0 fully saturated rings. The monoisotopic (exact) mass is 763 g/mol. The van der Waals surface area contributed by atoms with E-state index in [1.54, 1.807) is 24.3 Å². The highest BCUT2D eigenvalue weighted by molar-refractivity contribution is 5.97. The lowest BCUT2D eigenvalue weighted by atomic mass is 9.98. The maximum absolute atomic E-state index is 12.8. The standard InChI is InChI=1S/C40H53N5O10/c41-16-5-10-36(39(49)44-30-13-11-29(27-46)12-14-30)45-38(48)26-43-37(47)15-18-51-20-22-53-24-25-54-23-21-52-19-17-42-40(50)55-28-35-33-8-3-1-6-31(33)32-7-2-4-9-34(32)35/h1-4,6-9,11-14,35-36,46H,5,10,15-28,41H2,(H,42,50)(H,43,47)(H,44,49)(H,45,48)/t36-/m1/s1. The second-order valence-corrected chi connectivity index (χ2v) is 12.6. The van der Waals surface area contributed by atoms with E-state index in [4.69, 9.17) is 29.4 Å². The molecule has 4 rings (SSSR count). The van der Waals surface area contributed by atoms with Gasteiger partial charge in [-0.2, -0.15) is 0 Å². The molecule has 7 N–H and O–H groups in total. The minimum absolute atomic E-state index is 0.0101. The number of carbonyl (C=O) groups is 4. The van der Waals surface area contributed by atoms with Crippen LogP contribution in [0, 0.1) is 0 Å². The molecule has 1 aliphatic carbocycles. The van der Waals surface area contributed by atoms with Crippen LogP contribution in [0.4, 0.5) is 10.5 Å². The Balaban J connectivity index is 0.927. The van der Waals surface area contributed by atoms with Crippen LogP contribution in [0.5, 0.6) is 0 Å². The van der Waals surface area contributed by atoms with Crippen molar-refractivity contribution >= 4 is 29.5 Å². The molecule has 0 radical (unpaired) electrons. The minimum Gasteiger partial charge on any atom is -0.449 e. The Bertz CT molecular complexity index is 1590. The number of hydrogen-bond donors (Lipinski definition) is 6. The number of hydrogen-bond acceptors (Lipinski definition) is 11. The first-order valence-corrected chi connectivity index (χ1v) is 18.6. The molecule has 55 heavy (non-hydrogen) atoms. The Morgan fingerprint density at radius 2 is 1.29 bits per heavy atom. The lowest BCUT2D eigenvalue weighted by Crippen LogP contribution is -2.47. The third kappa shape index (κ3) is 15.0. The van der Waals surface area contributed by atoms with E-state index >= 15 is 0 Å². The molecule has 15 nitrogen and oxygen atoms in total. The molecule has 0 spiro atoms. The molecule has 0 bridgehead atoms. The van der Waals surface area contributed by atoms with Crippen molar-refractivity contribution in [2.75, 3.05) is 84.4 Å². The van der Waals surface area contributed by atoms with Gasteiger partial charge in [0.1, 0.15) is 12.6 Å². The maximum Gasteiger partial charge on any atom is 0.407 e. The zero-order valence-electron chi connectivity index (χ0n) is 31.1. The van der Waals surface area contributed by atoms with Crippen LogP contribution < -0.4 is 27.0 Å². The minimum atomic E-state index is -0.828. The number of fused-ring (bicyclic) bond motifs is 3. The van der Waals surface area contributed by atoms with Crippen LogP contribution in [0.3, 0.4) is 0 Å². The van der Waals surface area contributed by atoms with Gasteiger partial charge in [-0.05, 0) is 59.3 Å². The molecule has 15 heteroatoms. The van der Waals surface area contributed by atoms with E-state index in [1.807, 2.05) is 24.3 Å². The zero-order valence-corrected chi connectivity index (χ0v) is 31.1. The van der Waals surface area contributed by atoms with Gasteiger partial charge in [0.15, 0.2) is 0 Å². The van der Waals surface area contributed by atoms with Gasteiger partial charge >= 0.3 is 6.09 Å². The number of rotatable bonds is 26. The smallest absolute Gasteiger partial charge is 0.407 e. The first kappa shape index (κ1) is 42.8. The quantitative estimate of drug-likeness (QED) is 0.0655. The Labute approximate surface area is 321 Å². The Morgan fingerprint density at radius 3 is 1.89 bits per heavy atom. The molecular weight excluding hydrogens is 710 g/mol. The molecule has 298 valence electrons. The highest BCUT2D eigenvalue weighted by Crippen LogP contribution is 2.44. The summed E-state index contributed by atoms with van der Waals surface area (Å²) in [5, 5.41) is 19.8. The number of amides is 4. The van der Waals surface area contributed by atoms with Gasteiger partial charge in [-0.3, -0.25) is 14.4 Å². The number of carbonyl (C=O) groups excluding carboxylic acids is 4. The van der Waals surface area contributed by atoms with Crippen LogP contribution >= 0.6 is 0 Å². The van der Waals surface area contributed by atoms with Crippen molar-refractivity contribution < 1.29 is 48.0 Å². The van der Waals surface area contributed by atoms with Crippen LogP contribution in [0.2, 0.25) is 0 Å². The summed E-state index contributed by atoms with van der Waals surface area (Å²) < 4.78 is 27.4. The van der Waals surface area contributed by atoms with Crippen LogP contribution in [0.1, 0.15) is 41.9 Å². The van der Waals surface area contributed by atoms with Gasteiger partial charge in [0.25, 0.3) is 0 Å². The van der Waals surface area contributed by atoms with E-state index in [-0.39, 0.29) is 51.2 Å². The molecule has 1 aliphatic rings. The highest BCUT2D eigenvalue weighted by Gasteiger charge is 2.29. The summed E-state index contributed by atoms with van der Waals surface area (Å²) in [4.78, 5) is 49.6. The van der Waals surface area contributed by atoms with Gasteiger partial charge in [-0.15, -0.1) is 0 Å². The number of anilines is 1. The highest BCUT2D eigenvalue weighted by atomic mass is 16.6. The molecule has 3 aromatic carbocycles. The summed E-state index contributed by atoms with van der Waals surface area (Å²) in [6.45, 7) is 3.09. The summed E-state index contributed by atoms with van der Waals surface area (Å²) in [6.07, 6.45) is 0.423. The van der Waals surface area contributed by atoms with Crippen molar-refractivity contribution in [1.82, 2.24) is 16.0 Å². The SMILES string of the molecule is NCCC[C@@H](NC(=O)CNC(=O)CCOCCOCCOCCOCCNC(=O)OCC1c2ccccc2-c2ccccc21)C(=O)Nc1ccc(CO)cc1. The molecule has 0 aromatic heterocycles. The van der Waals surface area contributed by atoms with E-state index in [2.05, 4.69) is 45.5 Å². The number of ether oxygens (including phenoxy) is 5. The van der Waals surface area contributed by atoms with Crippen molar-refractivity contribution in [2.24, 2.45) is 5.73 Å². The number of benzene rings is 3. The molecule has 3 aromatic rings. The number of aliphatic hydroxyl groups is 1. The van der Waals surface area contributed by atoms with E-state index in [9.17, 15) is 24.3 Å². The number of nitrogens with one attached hydrogen (secondary N) is 4. The average Bonchev–Trinajstić information content (AvgIpc) is 3.52. The fourth-order valence-corrected chi connectivity index (χ4v) is 5.83. The third-order valence-electron chi connectivity index (χ3n) is 8.65. The van der Waals surface area contributed by atoms with Gasteiger partial charge in [-0.25, -0.2) is 4.79 Å². The third-order valence-corrected chi connectivity index (χ3v) is 8.65. The van der Waals surface area contributed by atoms with Gasteiger partial charge in [-0.1, -0.05) is 60.7 Å². The van der Waals surface area contributed by atoms with E-state index in [1.165, 1.54) is 11.1 Å². The fraction of sp³-hybridized carbons (Fsp3) is 0.450. The van der Waals surface area contributed by atoms with E-state index < -0.39 is 23.9 Å². The normalized spacial score (nSPS) is 12.3. The van der Waals surface area contributed by atoms with Crippen molar-refractivity contribution in [3.63, 3.8) is 0 Å². The number of alkyl carbamates (subject to hydrolysis) is 1. The summed E-state index contributed by atoms with van der Waals surface area (Å²) in [7, 11) is 0. The van der Waals surface area contributed by atoms with Crippen molar-refractivity contribution in [3.8, 4) is 11.1 Å². The van der Waals surface area contributed by atoms with Crippen LogP contribution in [0.25, 0.3) is 11.1 Å². The molecule has 0 saturated carbocycles. The maximum atomic E-state index is 12.8. The lowest BCUT2D eigenvalue weighted by molar-refractivity contribution is -0.128. The molecule has 0 heterocycles. The summed E-state index contributed by atoms with van der Waals surface area (Å²) in [5.41, 5.74) is 11.5. The van der Waals surface area contributed by atoms with Crippen LogP contribution in [0.15, 0.2) is 72.8 Å². The first-order valence-electron chi connectivity index (χ1n) is 18.6. The van der Waals surface area contributed by atoms with Crippen LogP contribution in [-0.4, -0.2) is 114 Å². The Morgan fingerprint density at radius 1 is 0.709 bits per heavy atom. The second kappa shape index (κ2) is 24.5. The molecule has 0 unspecified atom stereocenters. The van der Waals surface area contributed by atoms with E-state index in [0.29, 0.717) is 76.8 Å². The Hall–Kier alpha value is -4.90. The Kier molecular flexibility index (Phi) is 19.1. The van der Waals surface area contributed by atoms with Crippen molar-refractivity contribution in [3.05, 3.63) is 89.5 Å². The van der Waals surface area contributed by atoms with Crippen molar-refractivity contribution in [1.29, 1.82) is 0 Å². The summed E-state index contributed by atoms with van der Waals surface area (Å²) in [6, 6.07) is 22.2. The first-order chi connectivity index (χ1) is 26.9. The van der Waals surface area contributed by atoms with Crippen LogP contribution in [-0.2, 0) is 44.7 Å². The van der Waals surface area contributed by atoms with Crippen molar-refractivity contribution in [2.45, 2.75) is 37.8 Å². The average molecular weight is 764 g/mol. The predicted molar refractivity (Wildman–Crippen MR) is 205 cm³/mol. The topological polar surface area (TPSA) is 209 Å². The van der Waals surface area contributed by atoms with E-state index in [0.717, 1.165) is 11.1 Å². The molecule has 0 aliphatic heterocycles. The summed E-state index contributed by atoms with van der Waals surface area (Å²) >= 11 is 0. The molecule has 1 atom stereocenters. The number of nitrogens with two attached hydrogens (primary N) is 1. The van der Waals surface area contributed by atoms with Gasteiger partial charge in [0.05, 0.1) is 66.0 Å². The molecular formula is C40H53N5O10. The fourth-order valence-electron chi connectivity index (χ4n) is 5.83. The largest absolute Gasteiger partial charge is 0.449 e. The number of aliphatic hydroxyl groups excluding tert-OH is 1. The zero-order chi connectivity index (χ0) is 39.1. The molecule has 4 amide bonds. The second-order valence-electron chi connectivity index (χ2n) is 12.6. The van der Waals surface area contributed by atoms with Gasteiger partial charge in [0.2, 0.25) is 17.7 Å². The van der Waals surface area contributed by atoms with Gasteiger partial charge in [0, 0.05) is 24.6 Å². The molecule has 0 saturated heterocycles. The predicted octanol–water partition coefficient (Wildman–Crippen LogP) is 2.45. The van der Waals surface area contributed by atoms with Gasteiger partial charge < -0.3 is 55.8 Å².